The van der Waals surface area contributed by atoms with Crippen LogP contribution in [0.1, 0.15) is 32.6 Å². The number of anilines is 2. The standard InChI is InChI=1S/C14H20N2OS/c1-2-7-18-11-5-6-12(15)13(9-11)16-14(17)8-10-3-4-10/h5-6,9-10H,2-4,7-8,15H2,1H3,(H,16,17). The lowest BCUT2D eigenvalue weighted by Gasteiger charge is -2.10. The molecule has 0 saturated heterocycles. The first-order valence-electron chi connectivity index (χ1n) is 6.51. The van der Waals surface area contributed by atoms with Gasteiger partial charge in [-0.2, -0.15) is 0 Å². The number of hydrogen-bond acceptors (Lipinski definition) is 3. The Kier molecular flexibility index (Phi) is 4.53. The number of carbonyl (C=O) groups is 1. The molecular formula is C14H20N2OS. The Morgan fingerprint density at radius 1 is 1.50 bits per heavy atom. The highest BCUT2D eigenvalue weighted by atomic mass is 32.2. The van der Waals surface area contributed by atoms with E-state index in [0.717, 1.165) is 22.8 Å². The van der Waals surface area contributed by atoms with E-state index >= 15 is 0 Å². The molecule has 1 aliphatic carbocycles. The first-order chi connectivity index (χ1) is 8.69. The molecule has 98 valence electrons. The van der Waals surface area contributed by atoms with E-state index in [4.69, 9.17) is 5.73 Å². The van der Waals surface area contributed by atoms with Gasteiger partial charge in [0.15, 0.2) is 0 Å². The highest BCUT2D eigenvalue weighted by molar-refractivity contribution is 7.99. The molecule has 0 spiro atoms. The van der Waals surface area contributed by atoms with Crippen LogP contribution in [0.25, 0.3) is 0 Å². The zero-order chi connectivity index (χ0) is 13.0. The van der Waals surface area contributed by atoms with E-state index in [9.17, 15) is 4.79 Å². The topological polar surface area (TPSA) is 55.1 Å². The van der Waals surface area contributed by atoms with Crippen molar-refractivity contribution in [2.45, 2.75) is 37.5 Å². The Morgan fingerprint density at radius 3 is 2.94 bits per heavy atom. The van der Waals surface area contributed by atoms with Gasteiger partial charge < -0.3 is 11.1 Å². The number of rotatable bonds is 6. The number of benzene rings is 1. The quantitative estimate of drug-likeness (QED) is 0.610. The molecule has 1 aliphatic rings. The summed E-state index contributed by atoms with van der Waals surface area (Å²) >= 11 is 1.79. The second-order valence-electron chi connectivity index (χ2n) is 4.79. The number of hydrogen-bond donors (Lipinski definition) is 2. The summed E-state index contributed by atoms with van der Waals surface area (Å²) in [5.41, 5.74) is 7.28. The molecular weight excluding hydrogens is 244 g/mol. The lowest BCUT2D eigenvalue weighted by atomic mass is 10.2. The third kappa shape index (κ3) is 3.95. The molecule has 0 radical (unpaired) electrons. The van der Waals surface area contributed by atoms with Crippen LogP contribution in [0, 0.1) is 5.92 Å². The molecule has 0 unspecified atom stereocenters. The van der Waals surface area contributed by atoms with Crippen molar-refractivity contribution < 1.29 is 4.79 Å². The summed E-state index contributed by atoms with van der Waals surface area (Å²) in [7, 11) is 0. The lowest BCUT2D eigenvalue weighted by molar-refractivity contribution is -0.116. The molecule has 0 heterocycles. The summed E-state index contributed by atoms with van der Waals surface area (Å²) in [6.07, 6.45) is 4.15. The van der Waals surface area contributed by atoms with Crippen molar-refractivity contribution in [3.8, 4) is 0 Å². The van der Waals surface area contributed by atoms with Gasteiger partial charge in [0.1, 0.15) is 0 Å². The number of nitrogens with one attached hydrogen (secondary N) is 1. The summed E-state index contributed by atoms with van der Waals surface area (Å²) < 4.78 is 0. The molecule has 0 aromatic heterocycles. The predicted molar refractivity (Wildman–Crippen MR) is 77.8 cm³/mol. The van der Waals surface area contributed by atoms with E-state index in [-0.39, 0.29) is 5.91 Å². The van der Waals surface area contributed by atoms with Gasteiger partial charge in [-0.15, -0.1) is 11.8 Å². The van der Waals surface area contributed by atoms with E-state index in [1.54, 1.807) is 11.8 Å². The van der Waals surface area contributed by atoms with Crippen molar-refractivity contribution in [2.24, 2.45) is 5.92 Å². The maximum Gasteiger partial charge on any atom is 0.224 e. The summed E-state index contributed by atoms with van der Waals surface area (Å²) in [5, 5.41) is 2.92. The van der Waals surface area contributed by atoms with Crippen LogP contribution in [0.4, 0.5) is 11.4 Å². The van der Waals surface area contributed by atoms with Crippen LogP contribution in [0.2, 0.25) is 0 Å². The average Bonchev–Trinajstić information content (AvgIpc) is 3.14. The number of thioether (sulfide) groups is 1. The van der Waals surface area contributed by atoms with Gasteiger partial charge in [-0.25, -0.2) is 0 Å². The Balaban J connectivity index is 1.98. The average molecular weight is 264 g/mol. The summed E-state index contributed by atoms with van der Waals surface area (Å²) in [5.74, 6) is 1.77. The first-order valence-corrected chi connectivity index (χ1v) is 7.49. The van der Waals surface area contributed by atoms with Gasteiger partial charge in [0.2, 0.25) is 5.91 Å². The van der Waals surface area contributed by atoms with Crippen molar-refractivity contribution >= 4 is 29.0 Å². The van der Waals surface area contributed by atoms with Crippen LogP contribution in [0.3, 0.4) is 0 Å². The zero-order valence-corrected chi connectivity index (χ0v) is 11.6. The minimum absolute atomic E-state index is 0.0850. The zero-order valence-electron chi connectivity index (χ0n) is 10.7. The maximum atomic E-state index is 11.8. The van der Waals surface area contributed by atoms with E-state index in [1.165, 1.54) is 12.8 Å². The molecule has 1 fully saturated rings. The van der Waals surface area contributed by atoms with Crippen molar-refractivity contribution in [3.05, 3.63) is 18.2 Å². The van der Waals surface area contributed by atoms with Crippen LogP contribution in [0.15, 0.2) is 23.1 Å². The number of amides is 1. The fourth-order valence-electron chi connectivity index (χ4n) is 1.74. The summed E-state index contributed by atoms with van der Waals surface area (Å²) in [6, 6.07) is 5.84. The Hall–Kier alpha value is -1.16. The molecule has 1 amide bonds. The minimum atomic E-state index is 0.0850. The predicted octanol–water partition coefficient (Wildman–Crippen LogP) is 3.51. The van der Waals surface area contributed by atoms with E-state index in [0.29, 0.717) is 18.0 Å². The smallest absolute Gasteiger partial charge is 0.224 e. The largest absolute Gasteiger partial charge is 0.397 e. The monoisotopic (exact) mass is 264 g/mol. The number of nitrogen functional groups attached to an aromatic ring is 1. The fraction of sp³-hybridized carbons (Fsp3) is 0.500. The molecule has 1 saturated carbocycles. The third-order valence-corrected chi connectivity index (χ3v) is 4.14. The van der Waals surface area contributed by atoms with Crippen molar-refractivity contribution in [1.82, 2.24) is 0 Å². The van der Waals surface area contributed by atoms with Gasteiger partial charge in [-0.1, -0.05) is 6.92 Å². The molecule has 1 aromatic rings. The van der Waals surface area contributed by atoms with E-state index < -0.39 is 0 Å². The van der Waals surface area contributed by atoms with Crippen LogP contribution < -0.4 is 11.1 Å². The molecule has 0 atom stereocenters. The van der Waals surface area contributed by atoms with Crippen LogP contribution in [-0.2, 0) is 4.79 Å². The molecule has 0 bridgehead atoms. The van der Waals surface area contributed by atoms with Crippen LogP contribution in [0.5, 0.6) is 0 Å². The van der Waals surface area contributed by atoms with Crippen molar-refractivity contribution in [2.75, 3.05) is 16.8 Å². The summed E-state index contributed by atoms with van der Waals surface area (Å²) in [4.78, 5) is 12.9. The molecule has 0 aliphatic heterocycles. The van der Waals surface area contributed by atoms with Gasteiger partial charge >= 0.3 is 0 Å². The van der Waals surface area contributed by atoms with E-state index in [2.05, 4.69) is 12.2 Å². The number of nitrogens with two attached hydrogens (primary N) is 1. The molecule has 4 heteroatoms. The van der Waals surface area contributed by atoms with Crippen molar-refractivity contribution in [1.29, 1.82) is 0 Å². The molecule has 18 heavy (non-hydrogen) atoms. The second-order valence-corrected chi connectivity index (χ2v) is 5.96. The van der Waals surface area contributed by atoms with Gasteiger partial charge in [-0.05, 0) is 49.1 Å². The van der Waals surface area contributed by atoms with Gasteiger partial charge in [0.25, 0.3) is 0 Å². The molecule has 2 rings (SSSR count). The van der Waals surface area contributed by atoms with Gasteiger partial charge in [0.05, 0.1) is 11.4 Å². The van der Waals surface area contributed by atoms with Crippen LogP contribution >= 0.6 is 11.8 Å². The summed E-state index contributed by atoms with van der Waals surface area (Å²) in [6.45, 7) is 2.16. The van der Waals surface area contributed by atoms with Crippen molar-refractivity contribution in [3.63, 3.8) is 0 Å². The fourth-order valence-corrected chi connectivity index (χ4v) is 2.54. The number of carbonyl (C=O) groups excluding carboxylic acids is 1. The Morgan fingerprint density at radius 2 is 2.28 bits per heavy atom. The molecule has 1 aromatic carbocycles. The third-order valence-electron chi connectivity index (χ3n) is 2.94. The molecule has 3 nitrogen and oxygen atoms in total. The maximum absolute atomic E-state index is 11.8. The highest BCUT2D eigenvalue weighted by Gasteiger charge is 2.24. The van der Waals surface area contributed by atoms with E-state index in [1.807, 2.05) is 18.2 Å². The molecule has 3 N–H and O–H groups in total. The minimum Gasteiger partial charge on any atom is -0.397 e. The Bertz CT molecular complexity index is 430. The van der Waals surface area contributed by atoms with Gasteiger partial charge in [-0.3, -0.25) is 4.79 Å². The second kappa shape index (κ2) is 6.14. The Labute approximate surface area is 113 Å². The van der Waals surface area contributed by atoms with Crippen LogP contribution in [-0.4, -0.2) is 11.7 Å². The first kappa shape index (κ1) is 13.3. The normalized spacial score (nSPS) is 14.5. The van der Waals surface area contributed by atoms with Gasteiger partial charge in [0, 0.05) is 11.3 Å². The SMILES string of the molecule is CCCSc1ccc(N)c(NC(=O)CC2CC2)c1. The highest BCUT2D eigenvalue weighted by Crippen LogP contribution is 2.33. The lowest BCUT2D eigenvalue weighted by Crippen LogP contribution is -2.13.